The number of carboxylic acids is 1. The first-order valence-corrected chi connectivity index (χ1v) is 6.75. The van der Waals surface area contributed by atoms with Gasteiger partial charge in [0.15, 0.2) is 0 Å². The normalized spacial score (nSPS) is 20.2. The molecule has 1 aliphatic heterocycles. The van der Waals surface area contributed by atoms with Crippen molar-refractivity contribution in [2.24, 2.45) is 0 Å². The summed E-state index contributed by atoms with van der Waals surface area (Å²) >= 11 is 0. The molecular weight excluding hydrogens is 254 g/mol. The molecule has 0 aliphatic carbocycles. The molecule has 0 saturated carbocycles. The van der Waals surface area contributed by atoms with Crippen molar-refractivity contribution in [3.63, 3.8) is 0 Å². The maximum absolute atomic E-state index is 11.0. The van der Waals surface area contributed by atoms with Gasteiger partial charge in [-0.1, -0.05) is 0 Å². The summed E-state index contributed by atoms with van der Waals surface area (Å²) in [5.74, 6) is -1.00. The van der Waals surface area contributed by atoms with Gasteiger partial charge in [-0.05, 0) is 45.1 Å². The number of benzene rings is 1. The number of anilines is 1. The Kier molecular flexibility index (Phi) is 4.26. The van der Waals surface area contributed by atoms with Crippen LogP contribution in [0.5, 0.6) is 0 Å². The quantitative estimate of drug-likeness (QED) is 0.889. The Hall–Kier alpha value is -2.06. The minimum Gasteiger partial charge on any atom is -0.478 e. The zero-order valence-corrected chi connectivity index (χ0v) is 11.8. The number of nitrogens with zero attached hydrogens (tertiary/aromatic N) is 3. The summed E-state index contributed by atoms with van der Waals surface area (Å²) < 4.78 is 0. The molecule has 0 aromatic heterocycles. The molecule has 1 fully saturated rings. The SMILES string of the molecule is CC1CN(C)CCCN1c1ccc(C(=O)O)cc1C#N. The fraction of sp³-hybridized carbons (Fsp3) is 0.467. The second-order valence-electron chi connectivity index (χ2n) is 5.31. The van der Waals surface area contributed by atoms with Crippen molar-refractivity contribution in [1.29, 1.82) is 5.26 Å². The molecule has 1 unspecified atom stereocenters. The third kappa shape index (κ3) is 2.91. The molecule has 0 amide bonds. The Morgan fingerprint density at radius 2 is 2.20 bits per heavy atom. The largest absolute Gasteiger partial charge is 0.478 e. The van der Waals surface area contributed by atoms with Crippen molar-refractivity contribution in [3.05, 3.63) is 29.3 Å². The topological polar surface area (TPSA) is 67.6 Å². The van der Waals surface area contributed by atoms with E-state index in [-0.39, 0.29) is 5.56 Å². The Balaban J connectivity index is 2.36. The smallest absolute Gasteiger partial charge is 0.335 e. The van der Waals surface area contributed by atoms with Crippen LogP contribution < -0.4 is 4.90 Å². The van der Waals surface area contributed by atoms with Crippen LogP contribution in [0.4, 0.5) is 5.69 Å². The molecule has 106 valence electrons. The maximum atomic E-state index is 11.0. The molecule has 1 aliphatic rings. The molecule has 1 saturated heterocycles. The first-order chi connectivity index (χ1) is 9.52. The molecule has 5 heteroatoms. The van der Waals surface area contributed by atoms with Crippen LogP contribution in [0.2, 0.25) is 0 Å². The second kappa shape index (κ2) is 5.93. The van der Waals surface area contributed by atoms with Crippen LogP contribution in [0.15, 0.2) is 18.2 Å². The number of carbonyl (C=O) groups is 1. The molecule has 1 atom stereocenters. The van der Waals surface area contributed by atoms with Crippen LogP contribution in [-0.2, 0) is 0 Å². The van der Waals surface area contributed by atoms with Crippen molar-refractivity contribution in [2.45, 2.75) is 19.4 Å². The number of hydrogen-bond donors (Lipinski definition) is 1. The average Bonchev–Trinajstić information content (AvgIpc) is 2.58. The van der Waals surface area contributed by atoms with Gasteiger partial charge in [0, 0.05) is 19.1 Å². The predicted molar refractivity (Wildman–Crippen MR) is 77.0 cm³/mol. The Bertz CT molecular complexity index is 551. The zero-order chi connectivity index (χ0) is 14.7. The molecule has 0 spiro atoms. The second-order valence-corrected chi connectivity index (χ2v) is 5.31. The highest BCUT2D eigenvalue weighted by molar-refractivity contribution is 5.89. The number of likely N-dealkylation sites (N-methyl/N-ethyl adjacent to an activating group) is 1. The third-order valence-electron chi connectivity index (χ3n) is 3.72. The minimum atomic E-state index is -1.00. The van der Waals surface area contributed by atoms with Crippen LogP contribution in [0.3, 0.4) is 0 Å². The van der Waals surface area contributed by atoms with E-state index in [0.29, 0.717) is 11.6 Å². The molecule has 1 N–H and O–H groups in total. The summed E-state index contributed by atoms with van der Waals surface area (Å²) in [7, 11) is 2.10. The van der Waals surface area contributed by atoms with Crippen LogP contribution >= 0.6 is 0 Å². The highest BCUT2D eigenvalue weighted by Gasteiger charge is 2.22. The molecule has 2 rings (SSSR count). The van der Waals surface area contributed by atoms with Gasteiger partial charge in [0.2, 0.25) is 0 Å². The summed E-state index contributed by atoms with van der Waals surface area (Å²) in [6.45, 7) is 4.99. The molecule has 0 bridgehead atoms. The van der Waals surface area contributed by atoms with E-state index >= 15 is 0 Å². The van der Waals surface area contributed by atoms with Gasteiger partial charge in [0.25, 0.3) is 0 Å². The lowest BCUT2D eigenvalue weighted by molar-refractivity contribution is 0.0697. The van der Waals surface area contributed by atoms with Crippen LogP contribution in [0, 0.1) is 11.3 Å². The molecule has 20 heavy (non-hydrogen) atoms. The summed E-state index contributed by atoms with van der Waals surface area (Å²) in [4.78, 5) is 15.5. The van der Waals surface area contributed by atoms with Gasteiger partial charge in [0.1, 0.15) is 6.07 Å². The molecule has 1 aromatic carbocycles. The van der Waals surface area contributed by atoms with Gasteiger partial charge in [0.05, 0.1) is 16.8 Å². The van der Waals surface area contributed by atoms with E-state index in [1.807, 2.05) is 0 Å². The van der Waals surface area contributed by atoms with Crippen molar-refractivity contribution < 1.29 is 9.90 Å². The van der Waals surface area contributed by atoms with Crippen LogP contribution in [0.1, 0.15) is 29.3 Å². The molecule has 5 nitrogen and oxygen atoms in total. The predicted octanol–water partition coefficient (Wildman–Crippen LogP) is 1.79. The van der Waals surface area contributed by atoms with Crippen molar-refractivity contribution >= 4 is 11.7 Å². The summed E-state index contributed by atoms with van der Waals surface area (Å²) in [5.41, 5.74) is 1.42. The fourth-order valence-corrected chi connectivity index (χ4v) is 2.74. The lowest BCUT2D eigenvalue weighted by atomic mass is 10.1. The average molecular weight is 273 g/mol. The van der Waals surface area contributed by atoms with E-state index in [4.69, 9.17) is 5.11 Å². The van der Waals surface area contributed by atoms with E-state index in [9.17, 15) is 10.1 Å². The molecule has 1 aromatic rings. The van der Waals surface area contributed by atoms with Gasteiger partial charge in [-0.15, -0.1) is 0 Å². The van der Waals surface area contributed by atoms with E-state index in [1.54, 1.807) is 12.1 Å². The monoisotopic (exact) mass is 273 g/mol. The van der Waals surface area contributed by atoms with Crippen LogP contribution in [-0.4, -0.2) is 48.7 Å². The Morgan fingerprint density at radius 1 is 1.45 bits per heavy atom. The lowest BCUT2D eigenvalue weighted by Crippen LogP contribution is -2.38. The number of aromatic carboxylic acids is 1. The highest BCUT2D eigenvalue weighted by atomic mass is 16.4. The molecular formula is C15H19N3O2. The fourth-order valence-electron chi connectivity index (χ4n) is 2.74. The maximum Gasteiger partial charge on any atom is 0.335 e. The van der Waals surface area contributed by atoms with Gasteiger partial charge in [-0.25, -0.2) is 4.79 Å². The first kappa shape index (κ1) is 14.4. The van der Waals surface area contributed by atoms with Crippen molar-refractivity contribution in [1.82, 2.24) is 4.90 Å². The first-order valence-electron chi connectivity index (χ1n) is 6.75. The zero-order valence-electron chi connectivity index (χ0n) is 11.8. The van der Waals surface area contributed by atoms with E-state index < -0.39 is 5.97 Å². The number of carboxylic acid groups (broad SMARTS) is 1. The molecule has 0 radical (unpaired) electrons. The van der Waals surface area contributed by atoms with Gasteiger partial charge in [-0.3, -0.25) is 0 Å². The van der Waals surface area contributed by atoms with E-state index in [1.165, 1.54) is 6.07 Å². The van der Waals surface area contributed by atoms with Gasteiger partial charge in [-0.2, -0.15) is 5.26 Å². The van der Waals surface area contributed by atoms with E-state index in [0.717, 1.165) is 31.7 Å². The Labute approximate surface area is 119 Å². The molecule has 1 heterocycles. The van der Waals surface area contributed by atoms with Gasteiger partial charge < -0.3 is 14.9 Å². The number of hydrogen-bond acceptors (Lipinski definition) is 4. The summed E-state index contributed by atoms with van der Waals surface area (Å²) in [5, 5.41) is 18.3. The lowest BCUT2D eigenvalue weighted by Gasteiger charge is -2.31. The summed E-state index contributed by atoms with van der Waals surface area (Å²) in [6.07, 6.45) is 1.03. The number of rotatable bonds is 2. The van der Waals surface area contributed by atoms with Gasteiger partial charge >= 0.3 is 5.97 Å². The minimum absolute atomic E-state index is 0.157. The summed E-state index contributed by atoms with van der Waals surface area (Å²) in [6, 6.07) is 7.20. The Morgan fingerprint density at radius 3 is 2.85 bits per heavy atom. The third-order valence-corrected chi connectivity index (χ3v) is 3.72. The standard InChI is InChI=1S/C15H19N3O2/c1-11-10-17(2)6-3-7-18(11)14-5-4-12(15(19)20)8-13(14)9-16/h4-5,8,11H,3,6-7,10H2,1-2H3,(H,19,20). The van der Waals surface area contributed by atoms with Crippen molar-refractivity contribution in [2.75, 3.05) is 31.6 Å². The van der Waals surface area contributed by atoms with Crippen molar-refractivity contribution in [3.8, 4) is 6.07 Å². The van der Waals surface area contributed by atoms with E-state index in [2.05, 4.69) is 29.8 Å². The highest BCUT2D eigenvalue weighted by Crippen LogP contribution is 2.25. The van der Waals surface area contributed by atoms with Crippen LogP contribution in [0.25, 0.3) is 0 Å². The number of nitriles is 1.